The number of primary sulfonamides is 1. The third-order valence-electron chi connectivity index (χ3n) is 2.80. The number of sulfonamides is 1. The maximum Gasteiger partial charge on any atom is 0.247 e. The van der Waals surface area contributed by atoms with Gasteiger partial charge in [-0.15, -0.1) is 10.2 Å². The number of aromatic amines is 1. The summed E-state index contributed by atoms with van der Waals surface area (Å²) < 4.78 is 22.3. The van der Waals surface area contributed by atoms with Crippen LogP contribution in [0.4, 0.5) is 11.6 Å². The highest BCUT2D eigenvalue weighted by Crippen LogP contribution is 2.20. The molecule has 0 aliphatic rings. The van der Waals surface area contributed by atoms with E-state index in [9.17, 15) is 8.42 Å². The molecule has 0 aliphatic carbocycles. The smallest absolute Gasteiger partial charge is 0.247 e. The van der Waals surface area contributed by atoms with Crippen LogP contribution in [-0.4, -0.2) is 18.4 Å². The molecule has 0 saturated carbocycles. The number of imidazole rings is 1. The van der Waals surface area contributed by atoms with Crippen LogP contribution in [0.15, 0.2) is 63.7 Å². The van der Waals surface area contributed by atoms with Crippen molar-refractivity contribution in [2.45, 2.75) is 4.90 Å². The number of nitrogens with one attached hydrogen (secondary N) is 1. The number of aromatic nitrogens is 2. The van der Waals surface area contributed by atoms with E-state index in [1.165, 1.54) is 24.3 Å². The summed E-state index contributed by atoms with van der Waals surface area (Å²) in [5.74, 6) is 0.381. The van der Waals surface area contributed by atoms with Crippen LogP contribution in [0.25, 0.3) is 11.0 Å². The minimum atomic E-state index is -3.69. The van der Waals surface area contributed by atoms with Crippen molar-refractivity contribution in [3.8, 4) is 0 Å². The van der Waals surface area contributed by atoms with Crippen LogP contribution in [0.5, 0.6) is 0 Å². The number of nitrogens with zero attached hydrogens (tertiary/aromatic N) is 3. The lowest BCUT2D eigenvalue weighted by Gasteiger charge is -1.97. The Hall–Kier alpha value is -2.58. The zero-order chi connectivity index (χ0) is 14.9. The number of para-hydroxylation sites is 2. The van der Waals surface area contributed by atoms with Gasteiger partial charge in [0.1, 0.15) is 0 Å². The summed E-state index contributed by atoms with van der Waals surface area (Å²) in [7, 11) is -3.69. The number of benzene rings is 2. The number of fused-ring (bicyclic) bond motifs is 1. The molecule has 1 heterocycles. The highest BCUT2D eigenvalue weighted by molar-refractivity contribution is 7.89. The van der Waals surface area contributed by atoms with Crippen molar-refractivity contribution in [3.05, 3.63) is 48.5 Å². The molecule has 7 nitrogen and oxygen atoms in total. The van der Waals surface area contributed by atoms with Gasteiger partial charge < -0.3 is 4.98 Å². The number of hydrogen-bond donors (Lipinski definition) is 2. The number of hydrogen-bond acceptors (Lipinski definition) is 5. The molecule has 0 amide bonds. The SMILES string of the molecule is NS(=O)(=O)c1ccc(N=Nc2nc3ccccc3[nH]2)cc1. The molecule has 21 heavy (non-hydrogen) atoms. The Kier molecular flexibility index (Phi) is 3.24. The standard InChI is InChI=1S/C13H11N5O2S/c14-21(19,20)10-7-5-9(6-8-10)17-18-13-15-11-3-1-2-4-12(11)16-13/h1-8H,(H,15,16)(H2,14,19,20). The third-order valence-corrected chi connectivity index (χ3v) is 3.73. The van der Waals surface area contributed by atoms with Gasteiger partial charge in [-0.05, 0) is 36.4 Å². The molecule has 3 N–H and O–H groups in total. The van der Waals surface area contributed by atoms with Crippen LogP contribution in [0.1, 0.15) is 0 Å². The van der Waals surface area contributed by atoms with Gasteiger partial charge >= 0.3 is 0 Å². The van der Waals surface area contributed by atoms with E-state index in [2.05, 4.69) is 20.2 Å². The lowest BCUT2D eigenvalue weighted by Crippen LogP contribution is -2.11. The summed E-state index contributed by atoms with van der Waals surface area (Å²) in [6, 6.07) is 13.3. The van der Waals surface area contributed by atoms with Gasteiger partial charge in [0.2, 0.25) is 16.0 Å². The van der Waals surface area contributed by atoms with Gasteiger partial charge in [0.05, 0.1) is 21.6 Å². The van der Waals surface area contributed by atoms with Crippen molar-refractivity contribution in [2.24, 2.45) is 15.4 Å². The molecule has 0 aliphatic heterocycles. The van der Waals surface area contributed by atoms with Crippen LogP contribution < -0.4 is 5.14 Å². The Bertz CT molecular complexity index is 880. The molecule has 1 aromatic heterocycles. The molecule has 0 saturated heterocycles. The van der Waals surface area contributed by atoms with Crippen molar-refractivity contribution >= 4 is 32.7 Å². The van der Waals surface area contributed by atoms with Gasteiger partial charge in [-0.1, -0.05) is 12.1 Å². The first-order valence-corrected chi connectivity index (χ1v) is 7.56. The molecule has 0 bridgehead atoms. The van der Waals surface area contributed by atoms with E-state index in [0.29, 0.717) is 11.6 Å². The van der Waals surface area contributed by atoms with Gasteiger partial charge in [-0.25, -0.2) is 18.5 Å². The van der Waals surface area contributed by atoms with Crippen LogP contribution in [0, 0.1) is 0 Å². The lowest BCUT2D eigenvalue weighted by molar-refractivity contribution is 0.598. The molecular weight excluding hydrogens is 290 g/mol. The Morgan fingerprint density at radius 3 is 2.38 bits per heavy atom. The fourth-order valence-electron chi connectivity index (χ4n) is 1.79. The average Bonchev–Trinajstić information content (AvgIpc) is 2.87. The Morgan fingerprint density at radius 2 is 1.71 bits per heavy atom. The molecular formula is C13H11N5O2S. The third kappa shape index (κ3) is 2.96. The number of nitrogens with two attached hydrogens (primary N) is 1. The minimum Gasteiger partial charge on any atom is -0.321 e. The van der Waals surface area contributed by atoms with E-state index in [4.69, 9.17) is 5.14 Å². The van der Waals surface area contributed by atoms with Crippen LogP contribution in [-0.2, 0) is 10.0 Å². The van der Waals surface area contributed by atoms with E-state index < -0.39 is 10.0 Å². The fraction of sp³-hybridized carbons (Fsp3) is 0. The second-order valence-electron chi connectivity index (χ2n) is 4.32. The first-order chi connectivity index (χ1) is 10.0. The van der Waals surface area contributed by atoms with Gasteiger partial charge in [-0.2, -0.15) is 0 Å². The molecule has 8 heteroatoms. The van der Waals surface area contributed by atoms with E-state index in [1.54, 1.807) is 0 Å². The van der Waals surface area contributed by atoms with E-state index in [1.807, 2.05) is 24.3 Å². The van der Waals surface area contributed by atoms with Crippen molar-refractivity contribution in [2.75, 3.05) is 0 Å². The Labute approximate surface area is 120 Å². The molecule has 106 valence electrons. The quantitative estimate of drug-likeness (QED) is 0.725. The second-order valence-corrected chi connectivity index (χ2v) is 5.88. The topological polar surface area (TPSA) is 114 Å². The summed E-state index contributed by atoms with van der Waals surface area (Å²) >= 11 is 0. The molecule has 0 unspecified atom stereocenters. The first-order valence-electron chi connectivity index (χ1n) is 6.02. The predicted octanol–water partition coefficient (Wildman–Crippen LogP) is 2.63. The lowest BCUT2D eigenvalue weighted by atomic mass is 10.3. The van der Waals surface area contributed by atoms with Crippen molar-refractivity contribution in [1.29, 1.82) is 0 Å². The highest BCUT2D eigenvalue weighted by atomic mass is 32.2. The molecule has 2 aromatic carbocycles. The number of rotatable bonds is 3. The van der Waals surface area contributed by atoms with E-state index >= 15 is 0 Å². The Morgan fingerprint density at radius 1 is 1.00 bits per heavy atom. The van der Waals surface area contributed by atoms with Crippen LogP contribution in [0.3, 0.4) is 0 Å². The van der Waals surface area contributed by atoms with Crippen molar-refractivity contribution in [3.63, 3.8) is 0 Å². The summed E-state index contributed by atoms with van der Waals surface area (Å²) in [5.41, 5.74) is 2.18. The zero-order valence-corrected chi connectivity index (χ0v) is 11.6. The second kappa shape index (κ2) is 5.08. The monoisotopic (exact) mass is 301 g/mol. The van der Waals surface area contributed by atoms with Gasteiger partial charge in [0.25, 0.3) is 0 Å². The first kappa shape index (κ1) is 13.4. The van der Waals surface area contributed by atoms with Crippen LogP contribution in [0.2, 0.25) is 0 Å². The van der Waals surface area contributed by atoms with Gasteiger partial charge in [-0.3, -0.25) is 0 Å². The van der Waals surface area contributed by atoms with Crippen molar-refractivity contribution < 1.29 is 8.42 Å². The van der Waals surface area contributed by atoms with Gasteiger partial charge in [0.15, 0.2) is 0 Å². The Balaban J connectivity index is 1.85. The van der Waals surface area contributed by atoms with Gasteiger partial charge in [0, 0.05) is 0 Å². The minimum absolute atomic E-state index is 0.0326. The number of azo groups is 1. The summed E-state index contributed by atoms with van der Waals surface area (Å²) in [6.45, 7) is 0. The van der Waals surface area contributed by atoms with Crippen molar-refractivity contribution in [1.82, 2.24) is 9.97 Å². The summed E-state index contributed by atoms with van der Waals surface area (Å²) in [4.78, 5) is 7.30. The van der Waals surface area contributed by atoms with E-state index in [0.717, 1.165) is 11.0 Å². The highest BCUT2D eigenvalue weighted by Gasteiger charge is 2.06. The van der Waals surface area contributed by atoms with E-state index in [-0.39, 0.29) is 4.90 Å². The zero-order valence-electron chi connectivity index (χ0n) is 10.8. The molecule has 0 spiro atoms. The fourth-order valence-corrected chi connectivity index (χ4v) is 2.31. The maximum absolute atomic E-state index is 11.1. The molecule has 3 aromatic rings. The largest absolute Gasteiger partial charge is 0.321 e. The molecule has 0 atom stereocenters. The molecule has 0 radical (unpaired) electrons. The average molecular weight is 301 g/mol. The summed E-state index contributed by atoms with van der Waals surface area (Å²) in [5, 5.41) is 13.0. The molecule has 3 rings (SSSR count). The normalized spacial score (nSPS) is 12.2. The number of H-pyrrole nitrogens is 1. The summed E-state index contributed by atoms with van der Waals surface area (Å²) in [6.07, 6.45) is 0. The molecule has 0 fully saturated rings. The predicted molar refractivity (Wildman–Crippen MR) is 78.1 cm³/mol. The van der Waals surface area contributed by atoms with Crippen LogP contribution >= 0.6 is 0 Å². The maximum atomic E-state index is 11.1.